The van der Waals surface area contributed by atoms with Crippen LogP contribution in [0, 0.1) is 17.7 Å². The zero-order valence-electron chi connectivity index (χ0n) is 10.7. The number of benzene rings is 1. The molecule has 0 heterocycles. The molecule has 0 aliphatic heterocycles. The van der Waals surface area contributed by atoms with E-state index in [1.165, 1.54) is 27.0 Å². The largest absolute Gasteiger partial charge is 0.496 e. The van der Waals surface area contributed by atoms with Crippen LogP contribution in [0.2, 0.25) is 0 Å². The zero-order valence-corrected chi connectivity index (χ0v) is 12.3. The van der Waals surface area contributed by atoms with Gasteiger partial charge in [-0.15, -0.1) is 0 Å². The summed E-state index contributed by atoms with van der Waals surface area (Å²) in [6.45, 7) is 2.98. The van der Waals surface area contributed by atoms with Gasteiger partial charge in [0.2, 0.25) is 0 Å². The summed E-state index contributed by atoms with van der Waals surface area (Å²) >= 11 is 2.99. The number of aliphatic carboxylic acids is 1. The number of hydrogen-bond donors (Lipinski definition) is 1. The first kappa shape index (κ1) is 15.6. The highest BCUT2D eigenvalue weighted by Gasteiger charge is 2.29. The minimum atomic E-state index is -1.05. The summed E-state index contributed by atoms with van der Waals surface area (Å²) in [5.41, 5.74) is 0.163. The maximum atomic E-state index is 13.4. The molecule has 1 N–H and O–H groups in total. The second kappa shape index (κ2) is 6.14. The first-order valence-corrected chi connectivity index (χ1v) is 6.39. The van der Waals surface area contributed by atoms with Crippen molar-refractivity contribution in [3.8, 4) is 5.75 Å². The van der Waals surface area contributed by atoms with E-state index < -0.39 is 29.4 Å². The number of halogens is 2. The summed E-state index contributed by atoms with van der Waals surface area (Å²) in [6, 6.07) is 2.40. The third-order valence-corrected chi connectivity index (χ3v) is 3.67. The molecule has 0 saturated heterocycles. The molecule has 1 aromatic rings. The van der Waals surface area contributed by atoms with Crippen molar-refractivity contribution in [1.29, 1.82) is 0 Å². The van der Waals surface area contributed by atoms with Crippen LogP contribution in [-0.2, 0) is 4.79 Å². The maximum Gasteiger partial charge on any atom is 0.306 e. The number of carboxylic acids is 1. The minimum Gasteiger partial charge on any atom is -0.496 e. The second-order valence-corrected chi connectivity index (χ2v) is 5.10. The van der Waals surface area contributed by atoms with Crippen molar-refractivity contribution in [2.24, 2.45) is 11.8 Å². The van der Waals surface area contributed by atoms with E-state index in [9.17, 15) is 14.0 Å². The van der Waals surface area contributed by atoms with E-state index >= 15 is 0 Å². The van der Waals surface area contributed by atoms with Gasteiger partial charge in [-0.3, -0.25) is 9.59 Å². The van der Waals surface area contributed by atoms with Gasteiger partial charge in [-0.1, -0.05) is 13.8 Å². The predicted octanol–water partition coefficient (Wildman–Crippen LogP) is 3.14. The van der Waals surface area contributed by atoms with Gasteiger partial charge in [-0.05, 0) is 22.0 Å². The molecule has 104 valence electrons. The molecule has 1 rings (SSSR count). The number of carbonyl (C=O) groups excluding carboxylic acids is 1. The zero-order chi connectivity index (χ0) is 14.7. The Balaban J connectivity index is 3.19. The van der Waals surface area contributed by atoms with Crippen LogP contribution in [-0.4, -0.2) is 24.0 Å². The fraction of sp³-hybridized carbons (Fsp3) is 0.385. The fourth-order valence-corrected chi connectivity index (χ4v) is 1.92. The molecule has 0 aliphatic carbocycles. The van der Waals surface area contributed by atoms with Crippen molar-refractivity contribution >= 4 is 27.7 Å². The van der Waals surface area contributed by atoms with Crippen LogP contribution in [0.25, 0.3) is 0 Å². The van der Waals surface area contributed by atoms with E-state index in [2.05, 4.69) is 15.9 Å². The smallest absolute Gasteiger partial charge is 0.306 e. The van der Waals surface area contributed by atoms with Crippen LogP contribution >= 0.6 is 15.9 Å². The van der Waals surface area contributed by atoms with Gasteiger partial charge in [-0.25, -0.2) is 4.39 Å². The fourth-order valence-electron chi connectivity index (χ4n) is 1.58. The van der Waals surface area contributed by atoms with Gasteiger partial charge in [-0.2, -0.15) is 0 Å². The lowest BCUT2D eigenvalue weighted by atomic mass is 9.88. The molecular weight excluding hydrogens is 319 g/mol. The highest BCUT2D eigenvalue weighted by molar-refractivity contribution is 9.10. The lowest BCUT2D eigenvalue weighted by Crippen LogP contribution is -2.25. The third-order valence-electron chi connectivity index (χ3n) is 3.06. The molecule has 0 radical (unpaired) electrons. The van der Waals surface area contributed by atoms with E-state index in [-0.39, 0.29) is 15.8 Å². The van der Waals surface area contributed by atoms with Crippen LogP contribution < -0.4 is 4.74 Å². The van der Waals surface area contributed by atoms with Crippen LogP contribution in [0.3, 0.4) is 0 Å². The van der Waals surface area contributed by atoms with Crippen molar-refractivity contribution in [2.45, 2.75) is 13.8 Å². The number of ketones is 1. The molecule has 0 amide bonds. The molecule has 2 unspecified atom stereocenters. The van der Waals surface area contributed by atoms with E-state index in [1.807, 2.05) is 0 Å². The van der Waals surface area contributed by atoms with Crippen molar-refractivity contribution < 1.29 is 23.8 Å². The Hall–Kier alpha value is -1.43. The molecule has 1 aromatic carbocycles. The normalized spacial score (nSPS) is 13.7. The number of carboxylic acid groups (broad SMARTS) is 1. The maximum absolute atomic E-state index is 13.4. The van der Waals surface area contributed by atoms with Crippen LogP contribution in [0.1, 0.15) is 24.2 Å². The summed E-state index contributed by atoms with van der Waals surface area (Å²) in [5, 5.41) is 8.92. The van der Waals surface area contributed by atoms with Gasteiger partial charge in [0.15, 0.2) is 5.78 Å². The predicted molar refractivity (Wildman–Crippen MR) is 70.9 cm³/mol. The summed E-state index contributed by atoms with van der Waals surface area (Å²) in [4.78, 5) is 23.1. The molecule has 0 bridgehead atoms. The van der Waals surface area contributed by atoms with Crippen molar-refractivity contribution in [3.05, 3.63) is 28.0 Å². The average Bonchev–Trinajstić information content (AvgIpc) is 2.38. The first-order chi connectivity index (χ1) is 8.79. The Morgan fingerprint density at radius 3 is 2.37 bits per heavy atom. The highest BCUT2D eigenvalue weighted by atomic mass is 79.9. The lowest BCUT2D eigenvalue weighted by molar-refractivity contribution is -0.142. The van der Waals surface area contributed by atoms with Crippen molar-refractivity contribution in [2.75, 3.05) is 7.11 Å². The van der Waals surface area contributed by atoms with Gasteiger partial charge in [0.05, 0.1) is 23.1 Å². The second-order valence-electron chi connectivity index (χ2n) is 4.25. The van der Waals surface area contributed by atoms with E-state index in [1.54, 1.807) is 0 Å². The molecule has 0 spiro atoms. The van der Waals surface area contributed by atoms with Crippen LogP contribution in [0.5, 0.6) is 5.75 Å². The molecule has 0 aromatic heterocycles. The molecule has 0 aliphatic rings. The van der Waals surface area contributed by atoms with Gasteiger partial charge < -0.3 is 9.84 Å². The van der Waals surface area contributed by atoms with Gasteiger partial charge in [0.25, 0.3) is 0 Å². The molecule has 6 heteroatoms. The Kier molecular flexibility index (Phi) is 5.05. The quantitative estimate of drug-likeness (QED) is 0.841. The number of carbonyl (C=O) groups is 2. The summed E-state index contributed by atoms with van der Waals surface area (Å²) in [5.74, 6) is -3.47. The highest BCUT2D eigenvalue weighted by Crippen LogP contribution is 2.29. The van der Waals surface area contributed by atoms with Gasteiger partial charge in [0, 0.05) is 12.0 Å². The third kappa shape index (κ3) is 3.32. The molecular formula is C13H14BrFO4. The molecule has 0 fully saturated rings. The monoisotopic (exact) mass is 332 g/mol. The number of Topliss-reactive ketones (excluding diaryl/α,β-unsaturated/α-hetero) is 1. The van der Waals surface area contributed by atoms with Crippen molar-refractivity contribution in [3.63, 3.8) is 0 Å². The number of hydrogen-bond acceptors (Lipinski definition) is 3. The molecule has 0 saturated carbocycles. The molecule has 4 nitrogen and oxygen atoms in total. The van der Waals surface area contributed by atoms with E-state index in [0.717, 1.165) is 6.07 Å². The average molecular weight is 333 g/mol. The topological polar surface area (TPSA) is 63.6 Å². The summed E-state index contributed by atoms with van der Waals surface area (Å²) in [6.07, 6.45) is 0. The Morgan fingerprint density at radius 2 is 1.89 bits per heavy atom. The van der Waals surface area contributed by atoms with Crippen LogP contribution in [0.4, 0.5) is 4.39 Å². The Morgan fingerprint density at radius 1 is 1.32 bits per heavy atom. The van der Waals surface area contributed by atoms with Crippen molar-refractivity contribution in [1.82, 2.24) is 0 Å². The molecule has 19 heavy (non-hydrogen) atoms. The Labute approximate surface area is 118 Å². The lowest BCUT2D eigenvalue weighted by Gasteiger charge is -2.17. The van der Waals surface area contributed by atoms with E-state index in [4.69, 9.17) is 9.84 Å². The minimum absolute atomic E-state index is 0.0927. The van der Waals surface area contributed by atoms with E-state index in [0.29, 0.717) is 0 Å². The first-order valence-electron chi connectivity index (χ1n) is 5.59. The van der Waals surface area contributed by atoms with Crippen LogP contribution in [0.15, 0.2) is 16.6 Å². The van der Waals surface area contributed by atoms with Gasteiger partial charge >= 0.3 is 5.97 Å². The SMILES string of the molecule is COc1cc(F)c(Br)cc1C(=O)C(C)C(C)C(=O)O. The number of ether oxygens (including phenoxy) is 1. The van der Waals surface area contributed by atoms with Gasteiger partial charge in [0.1, 0.15) is 11.6 Å². The number of methoxy groups -OCH3 is 1. The number of rotatable bonds is 5. The Bertz CT molecular complexity index is 516. The standard InChI is InChI=1S/C13H14BrFO4/c1-6(7(2)13(17)18)12(16)8-4-9(14)10(15)5-11(8)19-3/h4-7H,1-3H3,(H,17,18). The molecule has 2 atom stereocenters. The summed E-state index contributed by atoms with van der Waals surface area (Å²) in [7, 11) is 1.32. The summed E-state index contributed by atoms with van der Waals surface area (Å²) < 4.78 is 18.5.